The zero-order chi connectivity index (χ0) is 11.8. The summed E-state index contributed by atoms with van der Waals surface area (Å²) < 4.78 is 14.4. The molecule has 0 aliphatic heterocycles. The van der Waals surface area contributed by atoms with Gasteiger partial charge in [-0.1, -0.05) is 32.9 Å². The van der Waals surface area contributed by atoms with E-state index in [0.29, 0.717) is 6.54 Å². The highest BCUT2D eigenvalue weighted by Gasteiger charge is 2.17. The Balaban J connectivity index is 2.62. The number of aryl methyl sites for hydroxylation is 1. The molecular formula is C14H18FN. The molecule has 0 atom stereocenters. The Kier molecular flexibility index (Phi) is 2.75. The van der Waals surface area contributed by atoms with Crippen LogP contribution in [0.2, 0.25) is 0 Å². The van der Waals surface area contributed by atoms with E-state index in [4.69, 9.17) is 0 Å². The zero-order valence-electron chi connectivity index (χ0n) is 10.1. The van der Waals surface area contributed by atoms with Crippen molar-refractivity contribution in [1.82, 2.24) is 4.57 Å². The van der Waals surface area contributed by atoms with Gasteiger partial charge in [-0.25, -0.2) is 4.39 Å². The second-order valence-corrected chi connectivity index (χ2v) is 5.19. The highest BCUT2D eigenvalue weighted by atomic mass is 19.1. The lowest BCUT2D eigenvalue weighted by Crippen LogP contribution is -2.11. The van der Waals surface area contributed by atoms with Gasteiger partial charge in [-0.2, -0.15) is 0 Å². The minimum atomic E-state index is -0.316. The van der Waals surface area contributed by atoms with Crippen molar-refractivity contribution >= 4 is 10.9 Å². The molecule has 1 aromatic carbocycles. The van der Waals surface area contributed by atoms with Crippen LogP contribution in [-0.2, 0) is 12.0 Å². The number of hydrogen-bond acceptors (Lipinski definition) is 0. The summed E-state index contributed by atoms with van der Waals surface area (Å²) in [5.74, 6) is 0. The number of aromatic nitrogens is 1. The van der Waals surface area contributed by atoms with Gasteiger partial charge >= 0.3 is 0 Å². The summed E-state index contributed by atoms with van der Waals surface area (Å²) in [5, 5.41) is 1.24. The maximum atomic E-state index is 12.4. The van der Waals surface area contributed by atoms with Gasteiger partial charge in [-0.05, 0) is 23.1 Å². The highest BCUT2D eigenvalue weighted by molar-refractivity contribution is 5.84. The Hall–Kier alpha value is -1.31. The molecule has 1 aromatic heterocycles. The number of hydrogen-bond donors (Lipinski definition) is 0. The molecule has 2 aromatic rings. The van der Waals surface area contributed by atoms with Crippen LogP contribution < -0.4 is 0 Å². The topological polar surface area (TPSA) is 4.93 Å². The molecule has 86 valence electrons. The summed E-state index contributed by atoms with van der Waals surface area (Å²) in [6.07, 6.45) is 1.97. The van der Waals surface area contributed by atoms with Crippen LogP contribution in [-0.4, -0.2) is 11.2 Å². The first kappa shape index (κ1) is 11.2. The second kappa shape index (κ2) is 3.93. The van der Waals surface area contributed by atoms with Gasteiger partial charge in [0, 0.05) is 17.1 Å². The molecule has 0 saturated heterocycles. The summed E-state index contributed by atoms with van der Waals surface area (Å²) in [5.41, 5.74) is 2.58. The molecular weight excluding hydrogens is 201 g/mol. The van der Waals surface area contributed by atoms with Crippen molar-refractivity contribution < 1.29 is 4.39 Å². The van der Waals surface area contributed by atoms with Gasteiger partial charge < -0.3 is 4.57 Å². The third kappa shape index (κ3) is 1.84. The van der Waals surface area contributed by atoms with E-state index < -0.39 is 0 Å². The van der Waals surface area contributed by atoms with Gasteiger partial charge in [0.15, 0.2) is 0 Å². The number of fused-ring (bicyclic) bond motifs is 1. The van der Waals surface area contributed by atoms with Crippen LogP contribution in [0.5, 0.6) is 0 Å². The predicted molar refractivity (Wildman–Crippen MR) is 66.6 cm³/mol. The Morgan fingerprint density at radius 2 is 1.94 bits per heavy atom. The fourth-order valence-corrected chi connectivity index (χ4v) is 2.16. The van der Waals surface area contributed by atoms with Crippen molar-refractivity contribution in [2.24, 2.45) is 0 Å². The monoisotopic (exact) mass is 219 g/mol. The molecule has 0 spiro atoms. The van der Waals surface area contributed by atoms with Crippen molar-refractivity contribution in [1.29, 1.82) is 0 Å². The van der Waals surface area contributed by atoms with Crippen molar-refractivity contribution in [3.05, 3.63) is 36.0 Å². The number of alkyl halides is 1. The third-order valence-corrected chi connectivity index (χ3v) is 2.95. The number of rotatable bonds is 2. The van der Waals surface area contributed by atoms with Crippen molar-refractivity contribution in [2.45, 2.75) is 32.7 Å². The van der Waals surface area contributed by atoms with Crippen molar-refractivity contribution in [3.8, 4) is 0 Å². The molecule has 0 aliphatic carbocycles. The normalized spacial score (nSPS) is 12.2. The van der Waals surface area contributed by atoms with Gasteiger partial charge in [-0.15, -0.1) is 0 Å². The fraction of sp³-hybridized carbons (Fsp3) is 0.429. The summed E-state index contributed by atoms with van der Waals surface area (Å²) >= 11 is 0. The lowest BCUT2D eigenvalue weighted by atomic mass is 9.85. The van der Waals surface area contributed by atoms with Crippen LogP contribution in [0, 0.1) is 0 Å². The molecule has 0 bridgehead atoms. The predicted octanol–water partition coefficient (Wildman–Crippen LogP) is 3.91. The summed E-state index contributed by atoms with van der Waals surface area (Å²) in [7, 11) is 0. The number of nitrogens with zero attached hydrogens (tertiary/aromatic N) is 1. The van der Waals surface area contributed by atoms with Gasteiger partial charge in [0.05, 0.1) is 6.54 Å². The zero-order valence-corrected chi connectivity index (χ0v) is 10.1. The van der Waals surface area contributed by atoms with E-state index in [1.54, 1.807) is 0 Å². The van der Waals surface area contributed by atoms with Crippen LogP contribution in [0.1, 0.15) is 26.3 Å². The molecule has 16 heavy (non-hydrogen) atoms. The van der Waals surface area contributed by atoms with Gasteiger partial charge in [-0.3, -0.25) is 0 Å². The number of halogens is 1. The molecule has 0 saturated carbocycles. The SMILES string of the molecule is CC(C)(C)c1cccc2c1ccn2CCF. The molecule has 0 fully saturated rings. The maximum Gasteiger partial charge on any atom is 0.107 e. The van der Waals surface area contributed by atoms with E-state index >= 15 is 0 Å². The van der Waals surface area contributed by atoms with E-state index in [-0.39, 0.29) is 12.1 Å². The van der Waals surface area contributed by atoms with E-state index in [1.165, 1.54) is 10.9 Å². The van der Waals surface area contributed by atoms with Crippen LogP contribution in [0.25, 0.3) is 10.9 Å². The summed E-state index contributed by atoms with van der Waals surface area (Å²) in [6, 6.07) is 8.35. The second-order valence-electron chi connectivity index (χ2n) is 5.19. The highest BCUT2D eigenvalue weighted by Crippen LogP contribution is 2.30. The van der Waals surface area contributed by atoms with E-state index in [1.807, 2.05) is 10.8 Å². The average Bonchev–Trinajstić information content (AvgIpc) is 2.61. The third-order valence-electron chi connectivity index (χ3n) is 2.95. The first-order valence-electron chi connectivity index (χ1n) is 5.68. The van der Waals surface area contributed by atoms with Crippen LogP contribution in [0.3, 0.4) is 0 Å². The molecule has 1 heterocycles. The minimum absolute atomic E-state index is 0.126. The van der Waals surface area contributed by atoms with Crippen molar-refractivity contribution in [3.63, 3.8) is 0 Å². The molecule has 0 N–H and O–H groups in total. The maximum absolute atomic E-state index is 12.4. The molecule has 0 unspecified atom stereocenters. The smallest absolute Gasteiger partial charge is 0.107 e. The van der Waals surface area contributed by atoms with Crippen LogP contribution in [0.15, 0.2) is 30.5 Å². The molecule has 0 amide bonds. The quantitative estimate of drug-likeness (QED) is 0.721. The Labute approximate surface area is 95.9 Å². The number of benzene rings is 1. The first-order valence-corrected chi connectivity index (χ1v) is 5.68. The molecule has 2 rings (SSSR count). The summed E-state index contributed by atoms with van der Waals surface area (Å²) in [6.45, 7) is 6.73. The van der Waals surface area contributed by atoms with E-state index in [0.717, 1.165) is 5.52 Å². The lowest BCUT2D eigenvalue weighted by molar-refractivity contribution is 0.451. The average molecular weight is 219 g/mol. The largest absolute Gasteiger partial charge is 0.345 e. The molecule has 0 aliphatic rings. The Bertz CT molecular complexity index is 491. The van der Waals surface area contributed by atoms with Gasteiger partial charge in [0.1, 0.15) is 6.67 Å². The first-order chi connectivity index (χ1) is 7.54. The molecule has 2 heteroatoms. The van der Waals surface area contributed by atoms with Crippen LogP contribution in [0.4, 0.5) is 4.39 Å². The van der Waals surface area contributed by atoms with Gasteiger partial charge in [0.2, 0.25) is 0 Å². The van der Waals surface area contributed by atoms with Crippen molar-refractivity contribution in [2.75, 3.05) is 6.67 Å². The van der Waals surface area contributed by atoms with E-state index in [2.05, 4.69) is 45.0 Å². The molecule has 0 radical (unpaired) electrons. The standard InChI is InChI=1S/C14H18FN/c1-14(2,3)12-5-4-6-13-11(12)7-9-16(13)10-8-15/h4-7,9H,8,10H2,1-3H3. The Morgan fingerprint density at radius 3 is 2.56 bits per heavy atom. The fourth-order valence-electron chi connectivity index (χ4n) is 2.16. The van der Waals surface area contributed by atoms with E-state index in [9.17, 15) is 4.39 Å². The molecule has 1 nitrogen and oxygen atoms in total. The van der Waals surface area contributed by atoms with Gasteiger partial charge in [0.25, 0.3) is 0 Å². The lowest BCUT2D eigenvalue weighted by Gasteiger charge is -2.20. The van der Waals surface area contributed by atoms with Crippen LogP contribution >= 0.6 is 0 Å². The summed E-state index contributed by atoms with van der Waals surface area (Å²) in [4.78, 5) is 0. The minimum Gasteiger partial charge on any atom is -0.345 e. The Morgan fingerprint density at radius 1 is 1.19 bits per heavy atom.